The van der Waals surface area contributed by atoms with E-state index in [1.165, 1.54) is 34.8 Å². The van der Waals surface area contributed by atoms with E-state index in [2.05, 4.69) is 10.3 Å². The summed E-state index contributed by atoms with van der Waals surface area (Å²) in [5.74, 6) is -0.0479. The second-order valence-electron chi connectivity index (χ2n) is 9.59. The Labute approximate surface area is 224 Å². The molecule has 38 heavy (non-hydrogen) atoms. The fraction of sp³-hybridized carbons (Fsp3) is 0.296. The summed E-state index contributed by atoms with van der Waals surface area (Å²) in [6.45, 7) is 2.56. The van der Waals surface area contributed by atoms with Crippen molar-refractivity contribution in [1.82, 2.24) is 20.1 Å². The van der Waals surface area contributed by atoms with Crippen LogP contribution in [0.4, 0.5) is 13.2 Å². The summed E-state index contributed by atoms with van der Waals surface area (Å²) < 4.78 is 39.5. The Bertz CT molecular complexity index is 1480. The molecule has 2 aliphatic rings. The summed E-state index contributed by atoms with van der Waals surface area (Å²) in [5, 5.41) is 6.82. The van der Waals surface area contributed by atoms with E-state index in [-0.39, 0.29) is 23.9 Å². The number of fused-ring (bicyclic) bond motifs is 1. The molecule has 0 aliphatic carbocycles. The molecule has 11 heteroatoms. The number of nitrogens with one attached hydrogen (secondary N) is 1. The van der Waals surface area contributed by atoms with Crippen molar-refractivity contribution >= 4 is 44.6 Å². The van der Waals surface area contributed by atoms with E-state index < -0.39 is 11.7 Å². The molecule has 1 N–H and O–H groups in total. The standard InChI is InChI=1S/C27H23F3N4O2S2/c28-27(29,30)19-5-3-16(4-6-19)17-1-2-18-12-23(38-22(18)11-17)25(35)34-14-21(15-34)32-20-7-9-33(13-20)26(36)24-31-8-10-37-24/h1-6,8,10-12,20-21,32H,7,9,13-15H2/t20-/m0/s1. The molecule has 4 aromatic rings. The fourth-order valence-corrected chi connectivity index (χ4v) is 6.62. The first kappa shape index (κ1) is 25.0. The molecule has 2 aromatic heterocycles. The van der Waals surface area contributed by atoms with E-state index in [9.17, 15) is 22.8 Å². The van der Waals surface area contributed by atoms with Gasteiger partial charge in [-0.15, -0.1) is 22.7 Å². The molecule has 0 saturated carbocycles. The zero-order valence-corrected chi connectivity index (χ0v) is 21.7. The predicted octanol–water partition coefficient (Wildman–Crippen LogP) is 5.37. The first-order valence-electron chi connectivity index (χ1n) is 12.2. The molecule has 0 spiro atoms. The van der Waals surface area contributed by atoms with Gasteiger partial charge in [-0.05, 0) is 47.2 Å². The number of rotatable bonds is 5. The van der Waals surface area contributed by atoms with Gasteiger partial charge < -0.3 is 15.1 Å². The maximum Gasteiger partial charge on any atom is 0.416 e. The minimum atomic E-state index is -4.37. The maximum atomic E-state index is 13.1. The maximum absolute atomic E-state index is 13.1. The molecule has 0 radical (unpaired) electrons. The Morgan fingerprint density at radius 2 is 1.66 bits per heavy atom. The number of amides is 2. The van der Waals surface area contributed by atoms with Crippen LogP contribution < -0.4 is 5.32 Å². The Balaban J connectivity index is 1.05. The van der Waals surface area contributed by atoms with Gasteiger partial charge in [0.05, 0.1) is 10.4 Å². The number of hydrogen-bond acceptors (Lipinski definition) is 6. The van der Waals surface area contributed by atoms with Gasteiger partial charge in [-0.2, -0.15) is 13.2 Å². The van der Waals surface area contributed by atoms with E-state index >= 15 is 0 Å². The van der Waals surface area contributed by atoms with Gasteiger partial charge in [0.15, 0.2) is 5.01 Å². The quantitative estimate of drug-likeness (QED) is 0.359. The number of benzene rings is 2. The second kappa shape index (κ2) is 9.79. The molecular formula is C27H23F3N4O2S2. The Morgan fingerprint density at radius 3 is 2.37 bits per heavy atom. The molecule has 196 valence electrons. The first-order valence-corrected chi connectivity index (χ1v) is 13.9. The summed E-state index contributed by atoms with van der Waals surface area (Å²) in [6, 6.07) is 13.0. The van der Waals surface area contributed by atoms with Crippen LogP contribution in [0.5, 0.6) is 0 Å². The van der Waals surface area contributed by atoms with Crippen molar-refractivity contribution < 1.29 is 22.8 Å². The summed E-state index contributed by atoms with van der Waals surface area (Å²) in [7, 11) is 0. The van der Waals surface area contributed by atoms with Gasteiger partial charge in [-0.1, -0.05) is 24.3 Å². The number of alkyl halides is 3. The SMILES string of the molecule is O=C(c1cc2ccc(-c3ccc(C(F)(F)F)cc3)cc2s1)N1CC(N[C@H]2CCN(C(=O)c3nccs3)C2)C1. The number of hydrogen-bond donors (Lipinski definition) is 1. The van der Waals surface area contributed by atoms with Crippen molar-refractivity contribution in [3.05, 3.63) is 75.6 Å². The van der Waals surface area contributed by atoms with Crippen LogP contribution in [0.25, 0.3) is 21.2 Å². The van der Waals surface area contributed by atoms with Crippen LogP contribution in [0.1, 0.15) is 31.5 Å². The van der Waals surface area contributed by atoms with Gasteiger partial charge in [-0.25, -0.2) is 4.98 Å². The van der Waals surface area contributed by atoms with E-state index in [0.29, 0.717) is 41.6 Å². The van der Waals surface area contributed by atoms with Crippen molar-refractivity contribution in [2.24, 2.45) is 0 Å². The summed E-state index contributed by atoms with van der Waals surface area (Å²) >= 11 is 2.74. The van der Waals surface area contributed by atoms with Crippen molar-refractivity contribution in [1.29, 1.82) is 0 Å². The number of carbonyl (C=O) groups is 2. The number of nitrogens with zero attached hydrogens (tertiary/aromatic N) is 3. The van der Waals surface area contributed by atoms with Gasteiger partial charge in [0.2, 0.25) is 0 Å². The molecule has 1 atom stereocenters. The van der Waals surface area contributed by atoms with Crippen LogP contribution in [0, 0.1) is 0 Å². The highest BCUT2D eigenvalue weighted by Crippen LogP contribution is 2.34. The van der Waals surface area contributed by atoms with Gasteiger partial charge >= 0.3 is 6.18 Å². The highest BCUT2D eigenvalue weighted by molar-refractivity contribution is 7.20. The molecule has 6 rings (SSSR count). The number of aromatic nitrogens is 1. The number of likely N-dealkylation sites (tertiary alicyclic amines) is 2. The fourth-order valence-electron chi connectivity index (χ4n) is 4.95. The lowest BCUT2D eigenvalue weighted by atomic mass is 10.0. The average Bonchev–Trinajstić information content (AvgIpc) is 3.65. The van der Waals surface area contributed by atoms with Crippen LogP contribution >= 0.6 is 22.7 Å². The van der Waals surface area contributed by atoms with Crippen molar-refractivity contribution in [2.45, 2.75) is 24.7 Å². The van der Waals surface area contributed by atoms with Gasteiger partial charge in [0.1, 0.15) is 0 Å². The van der Waals surface area contributed by atoms with Crippen LogP contribution in [0.2, 0.25) is 0 Å². The summed E-state index contributed by atoms with van der Waals surface area (Å²) in [6.07, 6.45) is -1.85. The van der Waals surface area contributed by atoms with Crippen LogP contribution in [-0.2, 0) is 6.18 Å². The van der Waals surface area contributed by atoms with Crippen molar-refractivity contribution in [3.63, 3.8) is 0 Å². The largest absolute Gasteiger partial charge is 0.416 e. The number of thiazole rings is 1. The Morgan fingerprint density at radius 1 is 0.921 bits per heavy atom. The van der Waals surface area contributed by atoms with Crippen molar-refractivity contribution in [2.75, 3.05) is 26.2 Å². The second-order valence-corrected chi connectivity index (χ2v) is 11.6. The third-order valence-electron chi connectivity index (χ3n) is 7.01. The average molecular weight is 557 g/mol. The first-order chi connectivity index (χ1) is 18.2. The number of halogens is 3. The third kappa shape index (κ3) is 4.93. The van der Waals surface area contributed by atoms with Crippen LogP contribution in [0.3, 0.4) is 0 Å². The van der Waals surface area contributed by atoms with E-state index in [4.69, 9.17) is 0 Å². The summed E-state index contributed by atoms with van der Waals surface area (Å²) in [4.78, 5) is 34.0. The normalized spacial score (nSPS) is 18.2. The molecule has 0 bridgehead atoms. The molecule has 4 heterocycles. The lowest BCUT2D eigenvalue weighted by Crippen LogP contribution is -2.61. The topological polar surface area (TPSA) is 65.5 Å². The van der Waals surface area contributed by atoms with Crippen LogP contribution in [0.15, 0.2) is 60.1 Å². The number of carbonyl (C=O) groups excluding carboxylic acids is 2. The lowest BCUT2D eigenvalue weighted by molar-refractivity contribution is -0.137. The molecule has 2 aromatic carbocycles. The Hall–Kier alpha value is -3.28. The minimum Gasteiger partial charge on any atom is -0.335 e. The number of thiophene rings is 1. The monoisotopic (exact) mass is 556 g/mol. The van der Waals surface area contributed by atoms with Gasteiger partial charge in [-0.3, -0.25) is 9.59 Å². The van der Waals surface area contributed by atoms with Crippen LogP contribution in [-0.4, -0.2) is 64.9 Å². The van der Waals surface area contributed by atoms with Crippen molar-refractivity contribution in [3.8, 4) is 11.1 Å². The molecule has 2 aliphatic heterocycles. The molecule has 6 nitrogen and oxygen atoms in total. The smallest absolute Gasteiger partial charge is 0.335 e. The highest BCUT2D eigenvalue weighted by Gasteiger charge is 2.36. The third-order valence-corrected chi connectivity index (χ3v) is 8.85. The molecule has 2 fully saturated rings. The molecule has 2 amide bonds. The lowest BCUT2D eigenvalue weighted by Gasteiger charge is -2.40. The summed E-state index contributed by atoms with van der Waals surface area (Å²) in [5.41, 5.74) is 0.819. The highest BCUT2D eigenvalue weighted by atomic mass is 32.1. The van der Waals surface area contributed by atoms with E-state index in [0.717, 1.165) is 34.2 Å². The Kier molecular flexibility index (Phi) is 6.45. The van der Waals surface area contributed by atoms with Gasteiger partial charge in [0.25, 0.3) is 11.8 Å². The molecule has 0 unspecified atom stereocenters. The van der Waals surface area contributed by atoms with Gasteiger partial charge in [0, 0.05) is 54.5 Å². The minimum absolute atomic E-state index is 0.0210. The van der Waals surface area contributed by atoms with E-state index in [1.54, 1.807) is 11.6 Å². The zero-order valence-electron chi connectivity index (χ0n) is 20.1. The molecular weight excluding hydrogens is 533 g/mol. The van der Waals surface area contributed by atoms with E-state index in [1.807, 2.05) is 34.1 Å². The predicted molar refractivity (Wildman–Crippen MR) is 142 cm³/mol. The molecule has 2 saturated heterocycles. The zero-order chi connectivity index (χ0) is 26.4.